The molecule has 1 aromatic carbocycles. The predicted molar refractivity (Wildman–Crippen MR) is 88.7 cm³/mol. The number of rotatable bonds is 2. The highest BCUT2D eigenvalue weighted by atomic mass is 16.5. The largest absolute Gasteiger partial charge is 0.497 e. The van der Waals surface area contributed by atoms with Gasteiger partial charge in [0.2, 0.25) is 5.88 Å². The van der Waals surface area contributed by atoms with E-state index in [2.05, 4.69) is 6.07 Å². The summed E-state index contributed by atoms with van der Waals surface area (Å²) >= 11 is 0. The van der Waals surface area contributed by atoms with Gasteiger partial charge in [-0.2, -0.15) is 5.26 Å². The topological polar surface area (TPSA) is 90.3 Å². The number of aryl methyl sites for hydroxylation is 1. The molecule has 1 atom stereocenters. The van der Waals surface area contributed by atoms with E-state index in [4.69, 9.17) is 15.2 Å². The molecule has 6 heteroatoms. The van der Waals surface area contributed by atoms with Crippen LogP contribution in [0.3, 0.4) is 0 Å². The highest BCUT2D eigenvalue weighted by molar-refractivity contribution is 5.55. The molecule has 6 nitrogen and oxygen atoms in total. The van der Waals surface area contributed by atoms with Gasteiger partial charge >= 0.3 is 0 Å². The molecule has 3 rings (SSSR count). The van der Waals surface area contributed by atoms with Crippen molar-refractivity contribution in [2.24, 2.45) is 12.8 Å². The van der Waals surface area contributed by atoms with Gasteiger partial charge in [0, 0.05) is 18.8 Å². The van der Waals surface area contributed by atoms with Gasteiger partial charge in [0.15, 0.2) is 0 Å². The Hall–Kier alpha value is -3.20. The van der Waals surface area contributed by atoms with Gasteiger partial charge < -0.3 is 19.8 Å². The number of nitrogens with zero attached hydrogens (tertiary/aromatic N) is 2. The lowest BCUT2D eigenvalue weighted by Gasteiger charge is -2.26. The molecule has 1 aliphatic heterocycles. The molecule has 0 amide bonds. The molecule has 0 fully saturated rings. The van der Waals surface area contributed by atoms with E-state index in [9.17, 15) is 10.1 Å². The summed E-state index contributed by atoms with van der Waals surface area (Å²) in [6.07, 6.45) is 0. The van der Waals surface area contributed by atoms with Crippen LogP contribution >= 0.6 is 0 Å². The fourth-order valence-electron chi connectivity index (χ4n) is 2.87. The monoisotopic (exact) mass is 323 g/mol. The molecule has 24 heavy (non-hydrogen) atoms. The zero-order valence-electron chi connectivity index (χ0n) is 13.7. The SMILES string of the molecule is COc1ccc(C2C(C#N)=C(N)Oc3cc(C)n(C)c(=O)c32)cc1. The molecule has 1 unspecified atom stereocenters. The number of nitrogens with two attached hydrogens (primary N) is 1. The summed E-state index contributed by atoms with van der Waals surface area (Å²) in [7, 11) is 3.27. The van der Waals surface area contributed by atoms with Crippen LogP contribution in [-0.2, 0) is 7.05 Å². The summed E-state index contributed by atoms with van der Waals surface area (Å²) in [5, 5.41) is 9.53. The first-order valence-corrected chi connectivity index (χ1v) is 7.40. The Morgan fingerprint density at radius 2 is 2.00 bits per heavy atom. The van der Waals surface area contributed by atoms with Crippen LogP contribution in [-0.4, -0.2) is 11.7 Å². The minimum Gasteiger partial charge on any atom is -0.497 e. The van der Waals surface area contributed by atoms with E-state index < -0.39 is 5.92 Å². The van der Waals surface area contributed by atoms with Gasteiger partial charge in [0.05, 0.1) is 18.6 Å². The van der Waals surface area contributed by atoms with Crippen LogP contribution in [0.4, 0.5) is 0 Å². The minimum atomic E-state index is -0.566. The maximum atomic E-state index is 12.8. The predicted octanol–water partition coefficient (Wildman–Crippen LogP) is 1.92. The van der Waals surface area contributed by atoms with E-state index in [0.29, 0.717) is 17.1 Å². The van der Waals surface area contributed by atoms with Gasteiger partial charge in [-0.3, -0.25) is 4.79 Å². The summed E-state index contributed by atoms with van der Waals surface area (Å²) in [6, 6.07) is 11.1. The number of allylic oxidation sites excluding steroid dienone is 1. The molecular formula is C18H17N3O3. The molecule has 0 saturated carbocycles. The number of hydrogen-bond donors (Lipinski definition) is 1. The average Bonchev–Trinajstić information content (AvgIpc) is 2.59. The maximum absolute atomic E-state index is 12.8. The summed E-state index contributed by atoms with van der Waals surface area (Å²) in [4.78, 5) is 12.8. The number of aromatic nitrogens is 1. The molecule has 1 aliphatic rings. The van der Waals surface area contributed by atoms with Crippen molar-refractivity contribution in [2.75, 3.05) is 7.11 Å². The summed E-state index contributed by atoms with van der Waals surface area (Å²) in [5.41, 5.74) is 7.90. The lowest BCUT2D eigenvalue weighted by molar-refractivity contribution is 0.389. The fourth-order valence-corrected chi connectivity index (χ4v) is 2.87. The molecule has 2 aromatic rings. The first-order valence-electron chi connectivity index (χ1n) is 7.40. The van der Waals surface area contributed by atoms with E-state index >= 15 is 0 Å². The molecule has 1 aromatic heterocycles. The summed E-state index contributed by atoms with van der Waals surface area (Å²) in [6.45, 7) is 1.81. The van der Waals surface area contributed by atoms with Crippen LogP contribution < -0.4 is 20.8 Å². The van der Waals surface area contributed by atoms with Crippen molar-refractivity contribution >= 4 is 0 Å². The Morgan fingerprint density at radius 3 is 2.58 bits per heavy atom. The van der Waals surface area contributed by atoms with Crippen LogP contribution in [0.25, 0.3) is 0 Å². The van der Waals surface area contributed by atoms with Crippen molar-refractivity contribution in [3.8, 4) is 17.6 Å². The summed E-state index contributed by atoms with van der Waals surface area (Å²) in [5.74, 6) is 0.550. The van der Waals surface area contributed by atoms with Crippen LogP contribution in [0.5, 0.6) is 11.5 Å². The van der Waals surface area contributed by atoms with Gasteiger partial charge in [-0.05, 0) is 24.6 Å². The van der Waals surface area contributed by atoms with Gasteiger partial charge in [-0.15, -0.1) is 0 Å². The van der Waals surface area contributed by atoms with Crippen molar-refractivity contribution in [1.82, 2.24) is 4.57 Å². The molecule has 2 heterocycles. The summed E-state index contributed by atoms with van der Waals surface area (Å²) < 4.78 is 12.2. The number of nitriles is 1. The number of pyridine rings is 1. The zero-order valence-corrected chi connectivity index (χ0v) is 13.7. The average molecular weight is 323 g/mol. The molecule has 0 radical (unpaired) electrons. The van der Waals surface area contributed by atoms with E-state index in [1.165, 1.54) is 4.57 Å². The fraction of sp³-hybridized carbons (Fsp3) is 0.222. The molecule has 2 N–H and O–H groups in total. The van der Waals surface area contributed by atoms with Crippen LogP contribution in [0.1, 0.15) is 22.7 Å². The van der Waals surface area contributed by atoms with Gasteiger partial charge in [-0.25, -0.2) is 0 Å². The first-order chi connectivity index (χ1) is 11.5. The number of fused-ring (bicyclic) bond motifs is 1. The Kier molecular flexibility index (Phi) is 3.78. The number of hydrogen-bond acceptors (Lipinski definition) is 5. The quantitative estimate of drug-likeness (QED) is 0.912. The number of methoxy groups -OCH3 is 1. The lowest BCUT2D eigenvalue weighted by Crippen LogP contribution is -2.31. The maximum Gasteiger partial charge on any atom is 0.258 e. The standard InChI is InChI=1S/C18H17N3O3/c1-10-8-14-16(18(22)21(10)2)15(13(9-19)17(20)24-14)11-4-6-12(23-3)7-5-11/h4-8,15H,20H2,1-3H3. The third-order valence-corrected chi connectivity index (χ3v) is 4.30. The van der Waals surface area contributed by atoms with Crippen LogP contribution in [0, 0.1) is 18.3 Å². The second-order valence-electron chi connectivity index (χ2n) is 5.63. The normalized spacial score (nSPS) is 16.2. The molecular weight excluding hydrogens is 306 g/mol. The van der Waals surface area contributed by atoms with Gasteiger partial charge in [-0.1, -0.05) is 12.1 Å². The molecule has 0 saturated heterocycles. The first kappa shape index (κ1) is 15.7. The second kappa shape index (κ2) is 5.78. The third kappa shape index (κ3) is 2.31. The number of ether oxygens (including phenoxy) is 2. The van der Waals surface area contributed by atoms with Gasteiger partial charge in [0.1, 0.15) is 23.1 Å². The van der Waals surface area contributed by atoms with E-state index in [1.54, 1.807) is 32.4 Å². The van der Waals surface area contributed by atoms with E-state index in [0.717, 1.165) is 11.3 Å². The van der Waals surface area contributed by atoms with E-state index in [1.807, 2.05) is 19.1 Å². The lowest BCUT2D eigenvalue weighted by atomic mass is 9.84. The molecule has 0 aliphatic carbocycles. The highest BCUT2D eigenvalue weighted by Gasteiger charge is 2.33. The number of benzene rings is 1. The second-order valence-corrected chi connectivity index (χ2v) is 5.63. The Bertz CT molecular complexity index is 934. The Morgan fingerprint density at radius 1 is 1.33 bits per heavy atom. The van der Waals surface area contributed by atoms with Crippen molar-refractivity contribution < 1.29 is 9.47 Å². The van der Waals surface area contributed by atoms with Crippen molar-refractivity contribution in [2.45, 2.75) is 12.8 Å². The molecule has 122 valence electrons. The Labute approximate surface area is 139 Å². The van der Waals surface area contributed by atoms with E-state index in [-0.39, 0.29) is 17.0 Å². The van der Waals surface area contributed by atoms with Crippen LogP contribution in [0.15, 0.2) is 46.6 Å². The van der Waals surface area contributed by atoms with Crippen LogP contribution in [0.2, 0.25) is 0 Å². The smallest absolute Gasteiger partial charge is 0.258 e. The van der Waals surface area contributed by atoms with Crippen molar-refractivity contribution in [3.63, 3.8) is 0 Å². The zero-order chi connectivity index (χ0) is 17.4. The minimum absolute atomic E-state index is 0.0264. The van der Waals surface area contributed by atoms with Crippen molar-refractivity contribution in [3.05, 3.63) is 69.0 Å². The molecule has 0 spiro atoms. The van der Waals surface area contributed by atoms with Crippen molar-refractivity contribution in [1.29, 1.82) is 5.26 Å². The Balaban J connectivity index is 2.28. The molecule has 0 bridgehead atoms. The highest BCUT2D eigenvalue weighted by Crippen LogP contribution is 2.40. The van der Waals surface area contributed by atoms with Gasteiger partial charge in [0.25, 0.3) is 5.56 Å². The third-order valence-electron chi connectivity index (χ3n) is 4.30.